The topological polar surface area (TPSA) is 121 Å². The van der Waals surface area contributed by atoms with Gasteiger partial charge in [0.25, 0.3) is 0 Å². The van der Waals surface area contributed by atoms with Crippen LogP contribution in [0.25, 0.3) is 0 Å². The SMILES string of the molecule is COc1ccc(Cl)cc1NC(=O)C1CC(=O)NC2NC(Nc3ccc(C)cc3)NC(=O)C21. The Morgan fingerprint density at radius 3 is 2.59 bits per heavy atom. The second-order valence-electron chi connectivity index (χ2n) is 7.83. The zero-order valence-corrected chi connectivity index (χ0v) is 18.3. The molecule has 0 saturated carbocycles. The average molecular weight is 458 g/mol. The van der Waals surface area contributed by atoms with Gasteiger partial charge in [0.15, 0.2) is 6.29 Å². The number of aryl methyl sites for hydroxylation is 1. The highest BCUT2D eigenvalue weighted by Gasteiger charge is 2.48. The number of piperidine rings is 1. The van der Waals surface area contributed by atoms with Crippen molar-refractivity contribution in [2.24, 2.45) is 11.8 Å². The number of ether oxygens (including phenoxy) is 1. The molecule has 4 unspecified atom stereocenters. The lowest BCUT2D eigenvalue weighted by Crippen LogP contribution is -2.72. The number of nitrogens with one attached hydrogen (secondary N) is 5. The van der Waals surface area contributed by atoms with Gasteiger partial charge in [-0.1, -0.05) is 29.3 Å². The molecule has 2 heterocycles. The highest BCUT2D eigenvalue weighted by Crippen LogP contribution is 2.31. The molecule has 4 rings (SSSR count). The Bertz CT molecular complexity index is 1050. The molecule has 168 valence electrons. The van der Waals surface area contributed by atoms with Crippen LogP contribution in [0.15, 0.2) is 42.5 Å². The smallest absolute Gasteiger partial charge is 0.229 e. The van der Waals surface area contributed by atoms with Crippen LogP contribution in [0.1, 0.15) is 12.0 Å². The molecule has 2 aliphatic rings. The lowest BCUT2D eigenvalue weighted by Gasteiger charge is -2.43. The second kappa shape index (κ2) is 9.05. The minimum absolute atomic E-state index is 0.110. The number of fused-ring (bicyclic) bond motifs is 1. The molecule has 2 aromatic carbocycles. The van der Waals surface area contributed by atoms with Gasteiger partial charge in [0, 0.05) is 17.1 Å². The number of anilines is 2. The summed E-state index contributed by atoms with van der Waals surface area (Å²) in [6, 6.07) is 12.5. The molecule has 2 aliphatic heterocycles. The lowest BCUT2D eigenvalue weighted by molar-refractivity contribution is -0.144. The lowest BCUT2D eigenvalue weighted by atomic mass is 9.81. The summed E-state index contributed by atoms with van der Waals surface area (Å²) in [5.74, 6) is -2.35. The third kappa shape index (κ3) is 4.63. The predicted octanol–water partition coefficient (Wildman–Crippen LogP) is 1.79. The van der Waals surface area contributed by atoms with Gasteiger partial charge in [-0.3, -0.25) is 19.7 Å². The summed E-state index contributed by atoms with van der Waals surface area (Å²) in [4.78, 5) is 38.4. The Kier molecular flexibility index (Phi) is 6.20. The molecule has 32 heavy (non-hydrogen) atoms. The Labute approximate surface area is 190 Å². The Hall–Kier alpha value is -3.30. The van der Waals surface area contributed by atoms with E-state index in [4.69, 9.17) is 16.3 Å². The van der Waals surface area contributed by atoms with E-state index in [1.54, 1.807) is 18.2 Å². The number of rotatable bonds is 5. The second-order valence-corrected chi connectivity index (χ2v) is 8.27. The number of methoxy groups -OCH3 is 1. The highest BCUT2D eigenvalue weighted by atomic mass is 35.5. The first kappa shape index (κ1) is 21.9. The van der Waals surface area contributed by atoms with Gasteiger partial charge in [-0.25, -0.2) is 0 Å². The third-order valence-electron chi connectivity index (χ3n) is 5.57. The summed E-state index contributed by atoms with van der Waals surface area (Å²) in [6.45, 7) is 1.98. The quantitative estimate of drug-likeness (QED) is 0.467. The standard InChI is InChI=1S/C22H24ClN5O4/c1-11-3-6-13(7-4-11)24-22-27-19-18(21(31)28-22)14(10-17(29)26-19)20(30)25-15-9-12(23)5-8-16(15)32-2/h3-9,14,18-19,22,24,27H,10H2,1-2H3,(H,25,30)(H,26,29)(H,28,31). The number of carbonyl (C=O) groups is 3. The van der Waals surface area contributed by atoms with Crippen molar-refractivity contribution in [3.63, 3.8) is 0 Å². The van der Waals surface area contributed by atoms with Crippen molar-refractivity contribution < 1.29 is 19.1 Å². The summed E-state index contributed by atoms with van der Waals surface area (Å²) >= 11 is 6.04. The van der Waals surface area contributed by atoms with E-state index < -0.39 is 30.2 Å². The molecule has 0 aliphatic carbocycles. The van der Waals surface area contributed by atoms with Gasteiger partial charge >= 0.3 is 0 Å². The normalized spacial score (nSPS) is 24.6. The van der Waals surface area contributed by atoms with Gasteiger partial charge in [-0.2, -0.15) is 0 Å². The van der Waals surface area contributed by atoms with E-state index >= 15 is 0 Å². The summed E-state index contributed by atoms with van der Waals surface area (Å²) in [5.41, 5.74) is 2.29. The van der Waals surface area contributed by atoms with Gasteiger partial charge in [-0.15, -0.1) is 0 Å². The van der Waals surface area contributed by atoms with Crippen LogP contribution in [0, 0.1) is 18.8 Å². The van der Waals surface area contributed by atoms with Crippen LogP contribution >= 0.6 is 11.6 Å². The fraction of sp³-hybridized carbons (Fsp3) is 0.318. The number of hydrogen-bond donors (Lipinski definition) is 5. The van der Waals surface area contributed by atoms with Gasteiger partial charge < -0.3 is 26.0 Å². The van der Waals surface area contributed by atoms with Gasteiger partial charge in [-0.05, 0) is 37.3 Å². The van der Waals surface area contributed by atoms with Crippen molar-refractivity contribution in [3.8, 4) is 5.75 Å². The van der Waals surface area contributed by atoms with Gasteiger partial charge in [0.1, 0.15) is 5.75 Å². The first-order valence-electron chi connectivity index (χ1n) is 10.2. The first-order chi connectivity index (χ1) is 15.3. The first-order valence-corrected chi connectivity index (χ1v) is 10.6. The van der Waals surface area contributed by atoms with Crippen molar-refractivity contribution in [1.82, 2.24) is 16.0 Å². The summed E-state index contributed by atoms with van der Waals surface area (Å²) in [7, 11) is 1.47. The van der Waals surface area contributed by atoms with Crippen LogP contribution < -0.4 is 31.3 Å². The van der Waals surface area contributed by atoms with Crippen molar-refractivity contribution in [2.45, 2.75) is 25.8 Å². The maximum absolute atomic E-state index is 13.1. The number of carbonyl (C=O) groups excluding carboxylic acids is 3. The molecule has 9 nitrogen and oxygen atoms in total. The summed E-state index contributed by atoms with van der Waals surface area (Å²) in [5, 5.41) is 15.1. The molecular weight excluding hydrogens is 434 g/mol. The molecule has 0 bridgehead atoms. The van der Waals surface area contributed by atoms with Crippen molar-refractivity contribution >= 4 is 40.7 Å². The molecule has 2 fully saturated rings. The van der Waals surface area contributed by atoms with Gasteiger partial charge in [0.2, 0.25) is 17.7 Å². The Morgan fingerprint density at radius 2 is 1.88 bits per heavy atom. The van der Waals surface area contributed by atoms with Crippen molar-refractivity contribution in [2.75, 3.05) is 17.7 Å². The van der Waals surface area contributed by atoms with Crippen LogP contribution in [0.2, 0.25) is 5.02 Å². The van der Waals surface area contributed by atoms with E-state index in [0.717, 1.165) is 11.3 Å². The minimum atomic E-state index is -0.870. The fourth-order valence-corrected chi connectivity index (χ4v) is 4.15. The molecule has 0 aromatic heterocycles. The van der Waals surface area contributed by atoms with E-state index in [-0.39, 0.29) is 18.2 Å². The summed E-state index contributed by atoms with van der Waals surface area (Å²) in [6.07, 6.45) is -1.42. The average Bonchev–Trinajstić information content (AvgIpc) is 2.74. The highest BCUT2D eigenvalue weighted by molar-refractivity contribution is 6.31. The fourth-order valence-electron chi connectivity index (χ4n) is 3.97. The third-order valence-corrected chi connectivity index (χ3v) is 5.80. The summed E-state index contributed by atoms with van der Waals surface area (Å²) < 4.78 is 5.26. The molecule has 4 atom stereocenters. The van der Waals surface area contributed by atoms with Crippen LogP contribution in [0.5, 0.6) is 5.75 Å². The van der Waals surface area contributed by atoms with Crippen LogP contribution in [0.4, 0.5) is 11.4 Å². The zero-order chi connectivity index (χ0) is 22.8. The van der Waals surface area contributed by atoms with Crippen LogP contribution in [0.3, 0.4) is 0 Å². The van der Waals surface area contributed by atoms with E-state index in [0.29, 0.717) is 16.5 Å². The molecule has 10 heteroatoms. The maximum atomic E-state index is 13.1. The van der Waals surface area contributed by atoms with E-state index in [9.17, 15) is 14.4 Å². The number of benzene rings is 2. The molecule has 0 radical (unpaired) electrons. The van der Waals surface area contributed by atoms with E-state index in [1.165, 1.54) is 7.11 Å². The maximum Gasteiger partial charge on any atom is 0.229 e. The van der Waals surface area contributed by atoms with Crippen molar-refractivity contribution in [1.29, 1.82) is 0 Å². The Morgan fingerprint density at radius 1 is 1.12 bits per heavy atom. The number of hydrogen-bond acceptors (Lipinski definition) is 6. The largest absolute Gasteiger partial charge is 0.495 e. The molecule has 0 spiro atoms. The van der Waals surface area contributed by atoms with E-state index in [2.05, 4.69) is 26.6 Å². The molecular formula is C22H24ClN5O4. The van der Waals surface area contributed by atoms with Gasteiger partial charge in [0.05, 0.1) is 30.8 Å². The molecule has 5 N–H and O–H groups in total. The molecule has 2 saturated heterocycles. The van der Waals surface area contributed by atoms with E-state index in [1.807, 2.05) is 31.2 Å². The minimum Gasteiger partial charge on any atom is -0.495 e. The molecule has 2 aromatic rings. The molecule has 3 amide bonds. The predicted molar refractivity (Wildman–Crippen MR) is 120 cm³/mol. The Balaban J connectivity index is 1.50. The van der Waals surface area contributed by atoms with Crippen LogP contribution in [-0.4, -0.2) is 37.3 Å². The van der Waals surface area contributed by atoms with Crippen molar-refractivity contribution in [3.05, 3.63) is 53.1 Å². The zero-order valence-electron chi connectivity index (χ0n) is 17.6. The van der Waals surface area contributed by atoms with Crippen LogP contribution in [-0.2, 0) is 14.4 Å². The number of halogens is 1. The monoisotopic (exact) mass is 457 g/mol. The number of amides is 3.